The highest BCUT2D eigenvalue weighted by Gasteiger charge is 2.46. The van der Waals surface area contributed by atoms with Gasteiger partial charge >= 0.3 is 0 Å². The molecular weight excluding hydrogens is 687 g/mol. The van der Waals surface area contributed by atoms with Crippen molar-refractivity contribution < 1.29 is 0 Å². The van der Waals surface area contributed by atoms with E-state index in [9.17, 15) is 0 Å². The van der Waals surface area contributed by atoms with Gasteiger partial charge < -0.3 is 4.90 Å². The third kappa shape index (κ3) is 4.89. The summed E-state index contributed by atoms with van der Waals surface area (Å²) in [5.41, 5.74) is 18.4. The van der Waals surface area contributed by atoms with Crippen LogP contribution in [-0.4, -0.2) is 0 Å². The zero-order valence-corrected chi connectivity index (χ0v) is 32.2. The molecule has 0 unspecified atom stereocenters. The monoisotopic (exact) mass is 727 g/mol. The summed E-state index contributed by atoms with van der Waals surface area (Å²) in [5.74, 6) is 0. The van der Waals surface area contributed by atoms with Gasteiger partial charge in [0.15, 0.2) is 0 Å². The molecule has 0 fully saturated rings. The zero-order valence-electron chi connectivity index (χ0n) is 32.2. The van der Waals surface area contributed by atoms with Crippen molar-refractivity contribution in [2.24, 2.45) is 0 Å². The highest BCUT2D eigenvalue weighted by Crippen LogP contribution is 2.58. The van der Waals surface area contributed by atoms with Crippen LogP contribution in [0.4, 0.5) is 17.1 Å². The Labute approximate surface area is 335 Å². The molecule has 0 N–H and O–H groups in total. The Balaban J connectivity index is 1.18. The van der Waals surface area contributed by atoms with Gasteiger partial charge in [0.2, 0.25) is 0 Å². The maximum atomic E-state index is 2.48. The first-order valence-electron chi connectivity index (χ1n) is 20.0. The molecule has 0 spiro atoms. The lowest BCUT2D eigenvalue weighted by atomic mass is 9.67. The van der Waals surface area contributed by atoms with Crippen molar-refractivity contribution in [3.05, 3.63) is 246 Å². The lowest BCUT2D eigenvalue weighted by molar-refractivity contribution is 0.661. The van der Waals surface area contributed by atoms with Crippen molar-refractivity contribution in [2.75, 3.05) is 4.90 Å². The molecule has 0 saturated heterocycles. The summed E-state index contributed by atoms with van der Waals surface area (Å²) >= 11 is 0. The van der Waals surface area contributed by atoms with Crippen LogP contribution < -0.4 is 4.90 Å². The first-order valence-corrected chi connectivity index (χ1v) is 20.0. The second kappa shape index (κ2) is 12.8. The van der Waals surface area contributed by atoms with E-state index >= 15 is 0 Å². The van der Waals surface area contributed by atoms with E-state index in [1.165, 1.54) is 77.5 Å². The van der Waals surface area contributed by atoms with Gasteiger partial charge in [-0.3, -0.25) is 0 Å². The zero-order chi connectivity index (χ0) is 38.1. The molecule has 0 aromatic heterocycles. The number of para-hydroxylation sites is 1. The number of fused-ring (bicyclic) bond motifs is 8. The molecule has 0 aliphatic heterocycles. The van der Waals surface area contributed by atoms with Crippen LogP contribution >= 0.6 is 0 Å². The normalized spacial score (nSPS) is 14.1. The lowest BCUT2D eigenvalue weighted by Gasteiger charge is -2.35. The minimum Gasteiger partial charge on any atom is -0.310 e. The number of benzene rings is 9. The smallest absolute Gasteiger partial charge is 0.0714 e. The fraction of sp³-hybridized carbons (Fsp3) is 0.0714. The maximum Gasteiger partial charge on any atom is 0.0714 e. The quantitative estimate of drug-likeness (QED) is 0.165. The molecule has 0 bridgehead atoms. The molecule has 9 aromatic carbocycles. The third-order valence-electron chi connectivity index (χ3n) is 12.7. The summed E-state index contributed by atoms with van der Waals surface area (Å²) in [7, 11) is 0. The van der Waals surface area contributed by atoms with Gasteiger partial charge in [-0.1, -0.05) is 196 Å². The van der Waals surface area contributed by atoms with Gasteiger partial charge in [-0.15, -0.1) is 0 Å². The van der Waals surface area contributed by atoms with E-state index in [0.717, 1.165) is 17.1 Å². The number of nitrogens with zero attached hydrogens (tertiary/aromatic N) is 1. The minimum absolute atomic E-state index is 0.0502. The van der Waals surface area contributed by atoms with Crippen LogP contribution in [0, 0.1) is 0 Å². The summed E-state index contributed by atoms with van der Waals surface area (Å²) in [6, 6.07) is 78.7. The molecule has 2 aliphatic carbocycles. The predicted molar refractivity (Wildman–Crippen MR) is 239 cm³/mol. The number of hydrogen-bond donors (Lipinski definition) is 0. The van der Waals surface area contributed by atoms with Crippen LogP contribution in [0.25, 0.3) is 44.2 Å². The Morgan fingerprint density at radius 2 is 0.912 bits per heavy atom. The SMILES string of the molecule is CC1(C)c2ccccc2-c2c1ccc1cc(N(c3ccc4c(c3)C(c3ccccc3)(c3ccccc3)c3ccccc3-4)c3ccccc3-c3ccccc3)ccc21. The fourth-order valence-electron chi connectivity index (χ4n) is 10.2. The van der Waals surface area contributed by atoms with Crippen molar-refractivity contribution in [3.63, 3.8) is 0 Å². The molecule has 0 heterocycles. The molecule has 0 saturated carbocycles. The molecule has 0 amide bonds. The lowest BCUT2D eigenvalue weighted by Crippen LogP contribution is -2.28. The van der Waals surface area contributed by atoms with Crippen LogP contribution in [0.3, 0.4) is 0 Å². The van der Waals surface area contributed by atoms with Gasteiger partial charge in [0.25, 0.3) is 0 Å². The van der Waals surface area contributed by atoms with Gasteiger partial charge in [0, 0.05) is 22.4 Å². The maximum absolute atomic E-state index is 2.48. The van der Waals surface area contributed by atoms with E-state index in [0.29, 0.717) is 0 Å². The predicted octanol–water partition coefficient (Wildman–Crippen LogP) is 14.6. The van der Waals surface area contributed by atoms with Gasteiger partial charge in [-0.2, -0.15) is 0 Å². The van der Waals surface area contributed by atoms with E-state index in [1.807, 2.05) is 0 Å². The molecule has 0 atom stereocenters. The largest absolute Gasteiger partial charge is 0.310 e. The summed E-state index contributed by atoms with van der Waals surface area (Å²) in [6.45, 7) is 4.72. The van der Waals surface area contributed by atoms with Crippen molar-refractivity contribution in [1.29, 1.82) is 0 Å². The molecule has 11 rings (SSSR count). The molecule has 2 aliphatic rings. The second-order valence-electron chi connectivity index (χ2n) is 16.0. The second-order valence-corrected chi connectivity index (χ2v) is 16.0. The van der Waals surface area contributed by atoms with Gasteiger partial charge in [-0.05, 0) is 102 Å². The van der Waals surface area contributed by atoms with Crippen LogP contribution in [0.2, 0.25) is 0 Å². The first kappa shape index (κ1) is 33.4. The Hall–Kier alpha value is -6.96. The number of hydrogen-bond acceptors (Lipinski definition) is 1. The molecule has 0 radical (unpaired) electrons. The molecule has 57 heavy (non-hydrogen) atoms. The summed E-state index contributed by atoms with van der Waals surface area (Å²) < 4.78 is 0. The van der Waals surface area contributed by atoms with Crippen molar-refractivity contribution in [1.82, 2.24) is 0 Å². The average Bonchev–Trinajstić information content (AvgIpc) is 3.70. The first-order chi connectivity index (χ1) is 28.0. The van der Waals surface area contributed by atoms with Gasteiger partial charge in [-0.25, -0.2) is 0 Å². The summed E-state index contributed by atoms with van der Waals surface area (Å²) in [5, 5.41) is 2.53. The van der Waals surface area contributed by atoms with E-state index in [2.05, 4.69) is 231 Å². The number of rotatable bonds is 6. The highest BCUT2D eigenvalue weighted by atomic mass is 15.1. The van der Waals surface area contributed by atoms with Crippen LogP contribution in [0.5, 0.6) is 0 Å². The van der Waals surface area contributed by atoms with Crippen LogP contribution in [-0.2, 0) is 10.8 Å². The molecular formula is C56H41N. The molecule has 270 valence electrons. The topological polar surface area (TPSA) is 3.24 Å². The molecule has 1 nitrogen and oxygen atoms in total. The van der Waals surface area contributed by atoms with E-state index < -0.39 is 5.41 Å². The van der Waals surface area contributed by atoms with E-state index in [-0.39, 0.29) is 5.41 Å². The molecule has 1 heteroatoms. The van der Waals surface area contributed by atoms with E-state index in [1.54, 1.807) is 0 Å². The van der Waals surface area contributed by atoms with Gasteiger partial charge in [0.05, 0.1) is 11.1 Å². The minimum atomic E-state index is -0.501. The van der Waals surface area contributed by atoms with E-state index in [4.69, 9.17) is 0 Å². The standard InChI is InChI=1S/C56H41N/c1-55(2)49-27-15-13-26-48(49)54-45-33-31-42(36-39(45)30-35-51(54)55)57(53-29-17-14-24-44(53)38-18-6-3-7-19-38)43-32-34-47-46-25-12-16-28-50(46)56(52(47)37-43,40-20-8-4-9-21-40)41-22-10-5-11-23-41/h3-37H,1-2H3. The van der Waals surface area contributed by atoms with Crippen molar-refractivity contribution in [2.45, 2.75) is 24.7 Å². The van der Waals surface area contributed by atoms with Crippen LogP contribution in [0.15, 0.2) is 212 Å². The fourth-order valence-corrected chi connectivity index (χ4v) is 10.2. The Kier molecular flexibility index (Phi) is 7.50. The van der Waals surface area contributed by atoms with Gasteiger partial charge in [0.1, 0.15) is 0 Å². The Morgan fingerprint density at radius 3 is 1.63 bits per heavy atom. The summed E-state index contributed by atoms with van der Waals surface area (Å²) in [4.78, 5) is 2.48. The van der Waals surface area contributed by atoms with Crippen molar-refractivity contribution in [3.8, 4) is 33.4 Å². The van der Waals surface area contributed by atoms with Crippen LogP contribution in [0.1, 0.15) is 47.2 Å². The third-order valence-corrected chi connectivity index (χ3v) is 12.7. The Bertz CT molecular complexity index is 2940. The average molecular weight is 728 g/mol. The Morgan fingerprint density at radius 1 is 0.368 bits per heavy atom. The molecule has 9 aromatic rings. The van der Waals surface area contributed by atoms with Crippen molar-refractivity contribution >= 4 is 27.8 Å². The summed E-state index contributed by atoms with van der Waals surface area (Å²) in [6.07, 6.45) is 0. The highest BCUT2D eigenvalue weighted by molar-refractivity contribution is 6.04. The number of anilines is 3.